The Bertz CT molecular complexity index is 1530. The number of aryl methyl sites for hydroxylation is 1. The lowest BCUT2D eigenvalue weighted by Crippen LogP contribution is -2.37. The summed E-state index contributed by atoms with van der Waals surface area (Å²) in [5.41, 5.74) is 3.80. The van der Waals surface area contributed by atoms with Gasteiger partial charge >= 0.3 is 5.97 Å². The van der Waals surface area contributed by atoms with Crippen molar-refractivity contribution < 1.29 is 27.9 Å². The van der Waals surface area contributed by atoms with Crippen LogP contribution in [0.3, 0.4) is 0 Å². The van der Waals surface area contributed by atoms with E-state index in [1.165, 1.54) is 6.07 Å². The average Bonchev–Trinajstić information content (AvgIpc) is 3.15. The molecule has 0 aliphatic carbocycles. The molecule has 0 spiro atoms. The third kappa shape index (κ3) is 4.21. The third-order valence-corrected chi connectivity index (χ3v) is 6.66. The van der Waals surface area contributed by atoms with Crippen molar-refractivity contribution in [2.75, 3.05) is 6.54 Å². The van der Waals surface area contributed by atoms with Gasteiger partial charge in [0.25, 0.3) is 0 Å². The molecule has 1 N–H and O–H groups in total. The van der Waals surface area contributed by atoms with E-state index in [0.717, 1.165) is 22.7 Å². The molecule has 0 radical (unpaired) electrons. The summed E-state index contributed by atoms with van der Waals surface area (Å²) in [6.45, 7) is 2.35. The first kappa shape index (κ1) is 23.6. The molecule has 3 heterocycles. The summed E-state index contributed by atoms with van der Waals surface area (Å²) < 4.78 is 43.6. The number of benzene rings is 2. The minimum Gasteiger partial charge on any atom is -0.478 e. The zero-order valence-corrected chi connectivity index (χ0v) is 19.4. The van der Waals surface area contributed by atoms with Crippen LogP contribution in [-0.4, -0.2) is 38.0 Å². The Morgan fingerprint density at radius 1 is 1.06 bits per heavy atom. The Hall–Kier alpha value is -4.14. The zero-order chi connectivity index (χ0) is 25.6. The molecule has 6 nitrogen and oxygen atoms in total. The second kappa shape index (κ2) is 9.14. The van der Waals surface area contributed by atoms with Gasteiger partial charge in [-0.3, -0.25) is 4.79 Å². The minimum absolute atomic E-state index is 0.0169. The Morgan fingerprint density at radius 2 is 1.83 bits per heavy atom. The summed E-state index contributed by atoms with van der Waals surface area (Å²) in [5, 5.41) is 10.1. The molecule has 0 unspecified atom stereocenters. The Labute approximate surface area is 204 Å². The number of carboxylic acids is 1. The van der Waals surface area contributed by atoms with Crippen molar-refractivity contribution in [3.8, 4) is 0 Å². The molecule has 1 aliphatic rings. The molecule has 0 bridgehead atoms. The molecule has 5 rings (SSSR count). The summed E-state index contributed by atoms with van der Waals surface area (Å²) in [7, 11) is 0. The second-order valence-corrected chi connectivity index (χ2v) is 8.94. The number of hydrogen-bond donors (Lipinski definition) is 1. The zero-order valence-electron chi connectivity index (χ0n) is 19.4. The highest BCUT2D eigenvalue weighted by molar-refractivity contribution is 5.89. The lowest BCUT2D eigenvalue weighted by molar-refractivity contribution is -0.131. The number of pyridine rings is 1. The number of nitrogens with zero attached hydrogens (tertiary/aromatic N) is 3. The normalized spacial score (nSPS) is 13.2. The summed E-state index contributed by atoms with van der Waals surface area (Å²) in [6.07, 6.45) is 2.28. The van der Waals surface area contributed by atoms with E-state index in [9.17, 15) is 27.9 Å². The highest BCUT2D eigenvalue weighted by atomic mass is 19.2. The van der Waals surface area contributed by atoms with Crippen molar-refractivity contribution in [1.82, 2.24) is 14.5 Å². The number of carboxylic acid groups (broad SMARTS) is 1. The molecular formula is C27H22F3N3O3. The predicted molar refractivity (Wildman–Crippen MR) is 126 cm³/mol. The lowest BCUT2D eigenvalue weighted by Gasteiger charge is -2.29. The van der Waals surface area contributed by atoms with Crippen molar-refractivity contribution >= 4 is 22.9 Å². The summed E-state index contributed by atoms with van der Waals surface area (Å²) in [4.78, 5) is 30.6. The highest BCUT2D eigenvalue weighted by Crippen LogP contribution is 2.31. The fraction of sp³-hybridized carbons (Fsp3) is 0.222. The van der Waals surface area contributed by atoms with Gasteiger partial charge in [-0.05, 0) is 54.3 Å². The van der Waals surface area contributed by atoms with Crippen LogP contribution in [0.25, 0.3) is 11.0 Å². The van der Waals surface area contributed by atoms with Crippen molar-refractivity contribution in [2.24, 2.45) is 0 Å². The first-order valence-corrected chi connectivity index (χ1v) is 11.4. The molecule has 9 heteroatoms. The van der Waals surface area contributed by atoms with Gasteiger partial charge in [0.15, 0.2) is 11.6 Å². The van der Waals surface area contributed by atoms with Crippen LogP contribution in [0.2, 0.25) is 0 Å². The number of hydrogen-bond acceptors (Lipinski definition) is 3. The summed E-state index contributed by atoms with van der Waals surface area (Å²) in [6, 6.07) is 9.91. The van der Waals surface area contributed by atoms with Crippen molar-refractivity contribution in [1.29, 1.82) is 0 Å². The van der Waals surface area contributed by atoms with Crippen molar-refractivity contribution in [3.05, 3.63) is 99.6 Å². The molecule has 4 aromatic rings. The fourth-order valence-corrected chi connectivity index (χ4v) is 4.86. The van der Waals surface area contributed by atoms with Crippen LogP contribution in [0.4, 0.5) is 13.2 Å². The molecule has 0 atom stereocenters. The van der Waals surface area contributed by atoms with Crippen LogP contribution in [0.15, 0.2) is 48.7 Å². The smallest absolute Gasteiger partial charge is 0.335 e. The Balaban J connectivity index is 1.45. The van der Waals surface area contributed by atoms with Crippen LogP contribution in [-0.2, 0) is 30.7 Å². The van der Waals surface area contributed by atoms with Gasteiger partial charge in [0.05, 0.1) is 25.1 Å². The lowest BCUT2D eigenvalue weighted by atomic mass is 10.0. The van der Waals surface area contributed by atoms with Gasteiger partial charge in [-0.2, -0.15) is 0 Å². The molecular weight excluding hydrogens is 471 g/mol. The number of aromatic carboxylic acids is 1. The van der Waals surface area contributed by atoms with Crippen LogP contribution in [0, 0.1) is 24.4 Å². The molecule has 1 aliphatic heterocycles. The number of carbonyl (C=O) groups is 2. The number of aromatic nitrogens is 2. The number of amides is 1. The van der Waals surface area contributed by atoms with Gasteiger partial charge in [0.1, 0.15) is 11.5 Å². The first-order chi connectivity index (χ1) is 17.2. The molecule has 2 aromatic heterocycles. The number of halogens is 3. The molecule has 1 amide bonds. The van der Waals surface area contributed by atoms with E-state index in [1.807, 2.05) is 6.07 Å². The van der Waals surface area contributed by atoms with E-state index in [1.54, 1.807) is 40.8 Å². The SMILES string of the molecule is Cc1cc(CC(=O)N2CCc3c(n(Cc4cc(F)c(F)cc4F)c4ncccc34)C2)ccc1C(=O)O. The van der Waals surface area contributed by atoms with E-state index in [2.05, 4.69) is 4.98 Å². The molecule has 184 valence electrons. The standard InChI is InChI=1S/C27H22F3N3O3/c1-15-9-16(4-5-18(15)27(35)36)10-25(34)32-8-6-19-20-3-2-7-31-26(20)33(24(19)14-32)13-17-11-22(29)23(30)12-21(17)28/h2-5,7,9,11-12H,6,8,10,13-14H2,1H3,(H,35,36). The largest absolute Gasteiger partial charge is 0.478 e. The third-order valence-electron chi connectivity index (χ3n) is 6.66. The predicted octanol–water partition coefficient (Wildman–Crippen LogP) is 4.64. The Morgan fingerprint density at radius 3 is 2.58 bits per heavy atom. The Kier molecular flexibility index (Phi) is 5.99. The average molecular weight is 493 g/mol. The van der Waals surface area contributed by atoms with Gasteiger partial charge in [-0.1, -0.05) is 12.1 Å². The van der Waals surface area contributed by atoms with Gasteiger partial charge < -0.3 is 14.6 Å². The van der Waals surface area contributed by atoms with E-state index < -0.39 is 23.4 Å². The maximum Gasteiger partial charge on any atom is 0.335 e. The summed E-state index contributed by atoms with van der Waals surface area (Å²) >= 11 is 0. The van der Waals surface area contributed by atoms with Crippen molar-refractivity contribution in [2.45, 2.75) is 32.9 Å². The number of fused-ring (bicyclic) bond motifs is 3. The van der Waals surface area contributed by atoms with Gasteiger partial charge in [0.2, 0.25) is 5.91 Å². The minimum atomic E-state index is -1.25. The first-order valence-electron chi connectivity index (χ1n) is 11.4. The van der Waals surface area contributed by atoms with Gasteiger partial charge in [0, 0.05) is 35.5 Å². The van der Waals surface area contributed by atoms with Gasteiger partial charge in [-0.25, -0.2) is 22.9 Å². The fourth-order valence-electron chi connectivity index (χ4n) is 4.86. The van der Waals surface area contributed by atoms with Gasteiger partial charge in [-0.15, -0.1) is 0 Å². The summed E-state index contributed by atoms with van der Waals surface area (Å²) in [5.74, 6) is -4.40. The van der Waals surface area contributed by atoms with Crippen LogP contribution >= 0.6 is 0 Å². The van der Waals surface area contributed by atoms with Crippen LogP contribution in [0.1, 0.15) is 38.3 Å². The molecule has 2 aromatic carbocycles. The van der Waals surface area contributed by atoms with Crippen molar-refractivity contribution in [3.63, 3.8) is 0 Å². The van der Waals surface area contributed by atoms with E-state index in [-0.39, 0.29) is 36.5 Å². The van der Waals surface area contributed by atoms with E-state index in [0.29, 0.717) is 35.8 Å². The monoisotopic (exact) mass is 493 g/mol. The highest BCUT2D eigenvalue weighted by Gasteiger charge is 2.28. The van der Waals surface area contributed by atoms with E-state index in [4.69, 9.17) is 0 Å². The maximum absolute atomic E-state index is 14.5. The second-order valence-electron chi connectivity index (χ2n) is 8.94. The maximum atomic E-state index is 14.5. The topological polar surface area (TPSA) is 75.4 Å². The molecule has 0 fully saturated rings. The van der Waals surface area contributed by atoms with E-state index >= 15 is 0 Å². The number of rotatable bonds is 5. The molecule has 36 heavy (non-hydrogen) atoms. The van der Waals surface area contributed by atoms with Crippen LogP contribution < -0.4 is 0 Å². The number of carbonyl (C=O) groups excluding carboxylic acids is 1. The molecule has 0 saturated carbocycles. The van der Waals surface area contributed by atoms with Crippen LogP contribution in [0.5, 0.6) is 0 Å². The quantitative estimate of drug-likeness (QED) is 0.411. The molecule has 0 saturated heterocycles.